The highest BCUT2D eigenvalue weighted by molar-refractivity contribution is 5.76. The van der Waals surface area contributed by atoms with E-state index in [-0.39, 0.29) is 5.91 Å². The second-order valence-corrected chi connectivity index (χ2v) is 5.10. The molecule has 0 aliphatic carbocycles. The van der Waals surface area contributed by atoms with Gasteiger partial charge >= 0.3 is 0 Å². The van der Waals surface area contributed by atoms with Gasteiger partial charge in [-0.25, -0.2) is 0 Å². The van der Waals surface area contributed by atoms with Gasteiger partial charge in [0, 0.05) is 19.3 Å². The van der Waals surface area contributed by atoms with E-state index in [1.165, 1.54) is 0 Å². The summed E-state index contributed by atoms with van der Waals surface area (Å²) in [4.78, 5) is 13.9. The lowest BCUT2D eigenvalue weighted by atomic mass is 9.95. The van der Waals surface area contributed by atoms with Crippen LogP contribution in [0.2, 0.25) is 0 Å². The van der Waals surface area contributed by atoms with Gasteiger partial charge in [-0.05, 0) is 18.3 Å². The van der Waals surface area contributed by atoms with Crippen molar-refractivity contribution < 1.29 is 4.79 Å². The van der Waals surface area contributed by atoms with Gasteiger partial charge in [0.15, 0.2) is 0 Å². The Balaban J connectivity index is 1.89. The van der Waals surface area contributed by atoms with Gasteiger partial charge in [-0.1, -0.05) is 13.8 Å². The third-order valence-electron chi connectivity index (χ3n) is 3.47. The van der Waals surface area contributed by atoms with Crippen LogP contribution < -0.4 is 5.73 Å². The van der Waals surface area contributed by atoms with Crippen molar-refractivity contribution in [2.75, 3.05) is 18.8 Å². The number of amides is 1. The van der Waals surface area contributed by atoms with Gasteiger partial charge < -0.3 is 10.6 Å². The Hall–Kier alpha value is -1.52. The van der Waals surface area contributed by atoms with Crippen molar-refractivity contribution in [3.63, 3.8) is 0 Å². The number of hydrogen-bond acceptors (Lipinski definition) is 3. The summed E-state index contributed by atoms with van der Waals surface area (Å²) >= 11 is 0. The summed E-state index contributed by atoms with van der Waals surface area (Å²) in [6.07, 6.45) is 4.37. The first-order valence-corrected chi connectivity index (χ1v) is 6.12. The number of nitrogens with zero attached hydrogens (tertiary/aromatic N) is 3. The van der Waals surface area contributed by atoms with Crippen LogP contribution in [0, 0.1) is 11.8 Å². The van der Waals surface area contributed by atoms with Gasteiger partial charge in [-0.2, -0.15) is 5.10 Å². The average molecular weight is 236 g/mol. The van der Waals surface area contributed by atoms with Gasteiger partial charge in [0.05, 0.1) is 11.9 Å². The van der Waals surface area contributed by atoms with E-state index in [1.807, 2.05) is 4.90 Å². The van der Waals surface area contributed by atoms with E-state index in [0.29, 0.717) is 24.1 Å². The molecule has 17 heavy (non-hydrogen) atoms. The molecule has 0 aromatic carbocycles. The first kappa shape index (κ1) is 12.0. The van der Waals surface area contributed by atoms with Crippen LogP contribution in [0.4, 0.5) is 5.69 Å². The molecule has 2 heterocycles. The summed E-state index contributed by atoms with van der Waals surface area (Å²) in [5.74, 6) is 1.42. The zero-order valence-corrected chi connectivity index (χ0v) is 10.5. The molecular weight excluding hydrogens is 216 g/mol. The number of nitrogen functional groups attached to an aromatic ring is 1. The number of hydrogen-bond donors (Lipinski definition) is 1. The molecule has 0 radical (unpaired) electrons. The van der Waals surface area contributed by atoms with Gasteiger partial charge in [0.2, 0.25) is 5.91 Å². The van der Waals surface area contributed by atoms with Crippen LogP contribution >= 0.6 is 0 Å². The van der Waals surface area contributed by atoms with Crippen molar-refractivity contribution in [1.82, 2.24) is 14.7 Å². The molecule has 5 nitrogen and oxygen atoms in total. The fourth-order valence-electron chi connectivity index (χ4n) is 2.26. The number of rotatable bonds is 3. The molecule has 1 fully saturated rings. The molecule has 1 aromatic rings. The maximum absolute atomic E-state index is 12.0. The highest BCUT2D eigenvalue weighted by Crippen LogP contribution is 2.23. The summed E-state index contributed by atoms with van der Waals surface area (Å²) in [5.41, 5.74) is 6.16. The highest BCUT2D eigenvalue weighted by Gasteiger charge is 2.27. The van der Waals surface area contributed by atoms with Crippen LogP contribution in [-0.2, 0) is 11.3 Å². The zero-order valence-electron chi connectivity index (χ0n) is 10.5. The molecule has 1 atom stereocenters. The molecule has 94 valence electrons. The Morgan fingerprint density at radius 1 is 1.65 bits per heavy atom. The van der Waals surface area contributed by atoms with Crippen molar-refractivity contribution in [1.29, 1.82) is 0 Å². The topological polar surface area (TPSA) is 64.2 Å². The van der Waals surface area contributed by atoms with Gasteiger partial charge in [-0.15, -0.1) is 0 Å². The predicted molar refractivity (Wildman–Crippen MR) is 66.2 cm³/mol. The number of nitrogens with two attached hydrogens (primary N) is 1. The minimum atomic E-state index is 0.135. The van der Waals surface area contributed by atoms with Crippen LogP contribution in [0.25, 0.3) is 0 Å². The molecule has 1 amide bonds. The summed E-state index contributed by atoms with van der Waals surface area (Å²) in [6, 6.07) is 0. The molecule has 0 spiro atoms. The first-order valence-electron chi connectivity index (χ1n) is 6.12. The van der Waals surface area contributed by atoms with E-state index in [2.05, 4.69) is 18.9 Å². The Bertz CT molecular complexity index is 399. The number of carbonyl (C=O) groups excluding carboxylic acids is 1. The molecule has 0 saturated carbocycles. The van der Waals surface area contributed by atoms with Gasteiger partial charge in [-0.3, -0.25) is 9.48 Å². The number of carbonyl (C=O) groups is 1. The van der Waals surface area contributed by atoms with Crippen molar-refractivity contribution in [2.45, 2.75) is 26.8 Å². The minimum absolute atomic E-state index is 0.135. The number of likely N-dealkylation sites (tertiary alicyclic amines) is 1. The molecule has 2 N–H and O–H groups in total. The SMILES string of the molecule is CC(C)C1CCN(C(=O)Cn2cc(N)cn2)C1. The van der Waals surface area contributed by atoms with E-state index in [4.69, 9.17) is 5.73 Å². The summed E-state index contributed by atoms with van der Waals surface area (Å²) in [7, 11) is 0. The Labute approximate surface area is 102 Å². The van der Waals surface area contributed by atoms with Crippen molar-refractivity contribution in [3.05, 3.63) is 12.4 Å². The smallest absolute Gasteiger partial charge is 0.244 e. The van der Waals surface area contributed by atoms with Gasteiger partial charge in [0.1, 0.15) is 6.54 Å². The largest absolute Gasteiger partial charge is 0.396 e. The second-order valence-electron chi connectivity index (χ2n) is 5.10. The zero-order chi connectivity index (χ0) is 12.4. The maximum atomic E-state index is 12.0. The summed E-state index contributed by atoms with van der Waals surface area (Å²) in [5, 5.41) is 4.03. The van der Waals surface area contributed by atoms with Crippen molar-refractivity contribution in [3.8, 4) is 0 Å². The maximum Gasteiger partial charge on any atom is 0.244 e. The summed E-state index contributed by atoms with van der Waals surface area (Å²) < 4.78 is 1.60. The van der Waals surface area contributed by atoms with Gasteiger partial charge in [0.25, 0.3) is 0 Å². The van der Waals surface area contributed by atoms with E-state index >= 15 is 0 Å². The predicted octanol–water partition coefficient (Wildman–Crippen LogP) is 0.970. The fourth-order valence-corrected chi connectivity index (χ4v) is 2.26. The molecule has 5 heteroatoms. The molecule has 1 aliphatic rings. The summed E-state index contributed by atoms with van der Waals surface area (Å²) in [6.45, 7) is 6.48. The Morgan fingerprint density at radius 2 is 2.41 bits per heavy atom. The number of aromatic nitrogens is 2. The Kier molecular flexibility index (Phi) is 3.36. The molecule has 1 aromatic heterocycles. The third kappa shape index (κ3) is 2.78. The van der Waals surface area contributed by atoms with E-state index in [9.17, 15) is 4.79 Å². The van der Waals surface area contributed by atoms with Crippen LogP contribution in [0.15, 0.2) is 12.4 Å². The standard InChI is InChI=1S/C12H20N4O/c1-9(2)10-3-4-15(6-10)12(17)8-16-7-11(13)5-14-16/h5,7,9-10H,3-4,6,8,13H2,1-2H3. The lowest BCUT2D eigenvalue weighted by molar-refractivity contribution is -0.131. The number of anilines is 1. The molecule has 1 aliphatic heterocycles. The van der Waals surface area contributed by atoms with Crippen molar-refractivity contribution in [2.24, 2.45) is 11.8 Å². The van der Waals surface area contributed by atoms with E-state index in [1.54, 1.807) is 17.1 Å². The van der Waals surface area contributed by atoms with E-state index in [0.717, 1.165) is 19.5 Å². The van der Waals surface area contributed by atoms with Crippen LogP contribution in [0.3, 0.4) is 0 Å². The lowest BCUT2D eigenvalue weighted by Crippen LogP contribution is -2.32. The molecule has 0 bridgehead atoms. The van der Waals surface area contributed by atoms with Crippen LogP contribution in [-0.4, -0.2) is 33.7 Å². The second kappa shape index (κ2) is 4.77. The highest BCUT2D eigenvalue weighted by atomic mass is 16.2. The normalized spacial score (nSPS) is 20.2. The lowest BCUT2D eigenvalue weighted by Gasteiger charge is -2.18. The Morgan fingerprint density at radius 3 is 2.94 bits per heavy atom. The van der Waals surface area contributed by atoms with Crippen LogP contribution in [0.1, 0.15) is 20.3 Å². The average Bonchev–Trinajstić information content (AvgIpc) is 2.86. The van der Waals surface area contributed by atoms with Crippen molar-refractivity contribution >= 4 is 11.6 Å². The molecule has 1 saturated heterocycles. The quantitative estimate of drug-likeness (QED) is 0.850. The monoisotopic (exact) mass is 236 g/mol. The fraction of sp³-hybridized carbons (Fsp3) is 0.667. The first-order chi connectivity index (χ1) is 8.06. The van der Waals surface area contributed by atoms with E-state index < -0.39 is 0 Å². The molecular formula is C12H20N4O. The third-order valence-corrected chi connectivity index (χ3v) is 3.47. The minimum Gasteiger partial charge on any atom is -0.396 e. The molecule has 1 unspecified atom stereocenters. The molecule has 2 rings (SSSR count). The van der Waals surface area contributed by atoms with Crippen LogP contribution in [0.5, 0.6) is 0 Å².